The number of ether oxygens (including phenoxy) is 1. The number of nitrogens with one attached hydrogen (secondary N) is 1. The van der Waals surface area contributed by atoms with Crippen LogP contribution < -0.4 is 5.32 Å². The molecule has 4 heterocycles. The number of imide groups is 1. The Morgan fingerprint density at radius 3 is 2.00 bits per heavy atom. The minimum atomic E-state index is -0.387. The molecule has 0 fully saturated rings. The van der Waals surface area contributed by atoms with Crippen LogP contribution in [0.15, 0.2) is 60.2 Å². The number of methoxy groups -OCH3 is 1. The standard InChI is InChI=1S/C26H17N3O4/c1-33-26(32)13-10-11-28-16-8-4-2-6-14(16)18-20-21(25(31)27-24(20)30)19-15-7-3-5-9-17(15)29(12-13)23(19)22(18)28/h2-10H,11-12H2,1H3,(H,27,30,31)/b13-10+. The number of para-hydroxylation sites is 2. The minimum Gasteiger partial charge on any atom is -0.466 e. The Kier molecular flexibility index (Phi) is 3.37. The number of esters is 1. The third-order valence-electron chi connectivity index (χ3n) is 6.89. The fourth-order valence-corrected chi connectivity index (χ4v) is 5.61. The lowest BCUT2D eigenvalue weighted by atomic mass is 9.96. The Balaban J connectivity index is 1.83. The van der Waals surface area contributed by atoms with Gasteiger partial charge in [-0.15, -0.1) is 0 Å². The molecule has 0 aliphatic carbocycles. The number of nitrogens with zero attached hydrogens (tertiary/aromatic N) is 2. The normalized spacial score (nSPS) is 16.8. The van der Waals surface area contributed by atoms with Crippen molar-refractivity contribution in [3.05, 3.63) is 71.3 Å². The molecule has 0 bridgehead atoms. The quantitative estimate of drug-likeness (QED) is 0.320. The number of benzene rings is 3. The van der Waals surface area contributed by atoms with Crippen LogP contribution in [0.5, 0.6) is 0 Å². The molecule has 7 nitrogen and oxygen atoms in total. The van der Waals surface area contributed by atoms with E-state index in [0.717, 1.165) is 43.6 Å². The van der Waals surface area contributed by atoms with Gasteiger partial charge in [-0.2, -0.15) is 0 Å². The summed E-state index contributed by atoms with van der Waals surface area (Å²) in [7, 11) is 1.38. The molecule has 5 aromatic rings. The van der Waals surface area contributed by atoms with Crippen molar-refractivity contribution in [1.29, 1.82) is 0 Å². The Bertz CT molecular complexity index is 1780. The molecule has 160 valence electrons. The number of hydrogen-bond acceptors (Lipinski definition) is 4. The van der Waals surface area contributed by atoms with Crippen LogP contribution in [0.4, 0.5) is 0 Å². The van der Waals surface area contributed by atoms with Crippen LogP contribution in [-0.4, -0.2) is 34.0 Å². The van der Waals surface area contributed by atoms with Crippen LogP contribution >= 0.6 is 0 Å². The van der Waals surface area contributed by atoms with E-state index in [1.165, 1.54) is 7.11 Å². The van der Waals surface area contributed by atoms with Gasteiger partial charge in [0.1, 0.15) is 0 Å². The molecule has 33 heavy (non-hydrogen) atoms. The number of fused-ring (bicyclic) bond motifs is 9. The second-order valence-electron chi connectivity index (χ2n) is 8.43. The van der Waals surface area contributed by atoms with Gasteiger partial charge in [0, 0.05) is 39.1 Å². The molecule has 7 rings (SSSR count). The van der Waals surface area contributed by atoms with Crippen molar-refractivity contribution in [1.82, 2.24) is 14.5 Å². The first-order chi connectivity index (χ1) is 16.1. The van der Waals surface area contributed by atoms with Crippen molar-refractivity contribution in [3.63, 3.8) is 0 Å². The van der Waals surface area contributed by atoms with Gasteiger partial charge in [-0.1, -0.05) is 42.5 Å². The highest BCUT2D eigenvalue weighted by molar-refractivity contribution is 6.39. The second kappa shape index (κ2) is 6.10. The Labute approximate surface area is 186 Å². The molecule has 0 saturated heterocycles. The number of carbonyl (C=O) groups is 3. The Morgan fingerprint density at radius 2 is 1.39 bits per heavy atom. The summed E-state index contributed by atoms with van der Waals surface area (Å²) in [5.41, 5.74) is 4.95. The summed E-state index contributed by atoms with van der Waals surface area (Å²) in [6.07, 6.45) is 1.89. The number of rotatable bonds is 1. The van der Waals surface area contributed by atoms with Gasteiger partial charge in [0.05, 0.1) is 41.4 Å². The molecule has 2 aliphatic rings. The molecule has 0 unspecified atom stereocenters. The van der Waals surface area contributed by atoms with Gasteiger partial charge in [-0.05, 0) is 12.1 Å². The fourth-order valence-electron chi connectivity index (χ4n) is 5.61. The maximum absolute atomic E-state index is 13.1. The van der Waals surface area contributed by atoms with E-state index < -0.39 is 0 Å². The van der Waals surface area contributed by atoms with Gasteiger partial charge in [-0.3, -0.25) is 14.9 Å². The largest absolute Gasteiger partial charge is 0.466 e. The van der Waals surface area contributed by atoms with E-state index in [1.807, 2.05) is 54.6 Å². The number of hydrogen-bond donors (Lipinski definition) is 1. The van der Waals surface area contributed by atoms with E-state index in [2.05, 4.69) is 14.5 Å². The fraction of sp³-hybridized carbons (Fsp3) is 0.115. The maximum Gasteiger partial charge on any atom is 0.335 e. The Hall–Kier alpha value is -4.39. The van der Waals surface area contributed by atoms with E-state index in [9.17, 15) is 14.4 Å². The van der Waals surface area contributed by atoms with E-state index in [0.29, 0.717) is 29.8 Å². The summed E-state index contributed by atoms with van der Waals surface area (Å²) < 4.78 is 9.26. The lowest BCUT2D eigenvalue weighted by Gasteiger charge is -2.16. The first kappa shape index (κ1) is 18.2. The Morgan fingerprint density at radius 1 is 0.848 bits per heavy atom. The van der Waals surface area contributed by atoms with Crippen molar-refractivity contribution in [2.45, 2.75) is 13.1 Å². The lowest BCUT2D eigenvalue weighted by Crippen LogP contribution is -2.20. The molecule has 0 saturated carbocycles. The van der Waals surface area contributed by atoms with Crippen LogP contribution in [0.25, 0.3) is 43.6 Å². The van der Waals surface area contributed by atoms with Crippen LogP contribution in [0, 0.1) is 0 Å². The van der Waals surface area contributed by atoms with Crippen LogP contribution in [0.3, 0.4) is 0 Å². The van der Waals surface area contributed by atoms with Crippen molar-refractivity contribution >= 4 is 61.4 Å². The molecule has 2 aromatic heterocycles. The number of aromatic nitrogens is 2. The zero-order valence-electron chi connectivity index (χ0n) is 17.6. The number of carbonyl (C=O) groups excluding carboxylic acids is 3. The molecule has 7 heteroatoms. The number of allylic oxidation sites excluding steroid dienone is 1. The summed E-state index contributed by atoms with van der Waals surface area (Å²) in [5.74, 6) is -1.14. The molecule has 2 aliphatic heterocycles. The topological polar surface area (TPSA) is 82.3 Å². The van der Waals surface area contributed by atoms with Gasteiger partial charge in [0.25, 0.3) is 11.8 Å². The average Bonchev–Trinajstić information content (AvgIpc) is 3.42. The van der Waals surface area contributed by atoms with E-state index in [4.69, 9.17) is 4.74 Å². The predicted octanol–water partition coefficient (Wildman–Crippen LogP) is 3.90. The van der Waals surface area contributed by atoms with Crippen LogP contribution in [0.1, 0.15) is 20.7 Å². The number of amides is 2. The monoisotopic (exact) mass is 435 g/mol. The summed E-state index contributed by atoms with van der Waals surface area (Å²) in [4.78, 5) is 38.8. The van der Waals surface area contributed by atoms with Crippen LogP contribution in [0.2, 0.25) is 0 Å². The van der Waals surface area contributed by atoms with Gasteiger partial charge in [0.2, 0.25) is 0 Å². The molecular weight excluding hydrogens is 418 g/mol. The zero-order valence-corrected chi connectivity index (χ0v) is 17.6. The molecule has 2 amide bonds. The van der Waals surface area contributed by atoms with Crippen molar-refractivity contribution < 1.29 is 19.1 Å². The van der Waals surface area contributed by atoms with Crippen molar-refractivity contribution in [2.75, 3.05) is 7.11 Å². The maximum atomic E-state index is 13.1. The third kappa shape index (κ3) is 2.11. The van der Waals surface area contributed by atoms with E-state index in [1.54, 1.807) is 0 Å². The summed E-state index contributed by atoms with van der Waals surface area (Å²) >= 11 is 0. The average molecular weight is 435 g/mol. The summed E-state index contributed by atoms with van der Waals surface area (Å²) in [6.45, 7) is 0.751. The summed E-state index contributed by atoms with van der Waals surface area (Å²) in [5, 5.41) is 5.81. The molecular formula is C26H17N3O4. The molecule has 0 spiro atoms. The highest BCUT2D eigenvalue weighted by Crippen LogP contribution is 2.45. The van der Waals surface area contributed by atoms with E-state index >= 15 is 0 Å². The lowest BCUT2D eigenvalue weighted by molar-refractivity contribution is -0.136. The van der Waals surface area contributed by atoms with Gasteiger partial charge >= 0.3 is 5.97 Å². The highest BCUT2D eigenvalue weighted by Gasteiger charge is 2.37. The minimum absolute atomic E-state index is 0.307. The summed E-state index contributed by atoms with van der Waals surface area (Å²) in [6, 6.07) is 15.7. The van der Waals surface area contributed by atoms with Gasteiger partial charge < -0.3 is 13.9 Å². The first-order valence-corrected chi connectivity index (χ1v) is 10.7. The van der Waals surface area contributed by atoms with Crippen molar-refractivity contribution in [3.8, 4) is 0 Å². The molecule has 0 atom stereocenters. The van der Waals surface area contributed by atoms with Crippen molar-refractivity contribution in [2.24, 2.45) is 0 Å². The molecule has 0 radical (unpaired) electrons. The predicted molar refractivity (Wildman–Crippen MR) is 124 cm³/mol. The van der Waals surface area contributed by atoms with Gasteiger partial charge in [0.15, 0.2) is 0 Å². The van der Waals surface area contributed by atoms with E-state index in [-0.39, 0.29) is 17.8 Å². The second-order valence-corrected chi connectivity index (χ2v) is 8.43. The third-order valence-corrected chi connectivity index (χ3v) is 6.89. The first-order valence-electron chi connectivity index (χ1n) is 10.7. The van der Waals surface area contributed by atoms with Crippen LogP contribution in [-0.2, 0) is 22.6 Å². The molecule has 1 N–H and O–H groups in total. The molecule has 3 aromatic carbocycles. The SMILES string of the molecule is COC(=O)/C1=C/Cn2c3ccccc3c3c4c(c5c6ccccc6n(c5c32)C1)C(=O)NC4=O. The van der Waals surface area contributed by atoms with Gasteiger partial charge in [-0.25, -0.2) is 4.79 Å². The smallest absolute Gasteiger partial charge is 0.335 e. The highest BCUT2D eigenvalue weighted by atomic mass is 16.5. The zero-order chi connectivity index (χ0) is 22.4.